The van der Waals surface area contributed by atoms with Crippen molar-refractivity contribution in [2.75, 3.05) is 12.0 Å². The van der Waals surface area contributed by atoms with E-state index in [0.717, 1.165) is 29.8 Å². The summed E-state index contributed by atoms with van der Waals surface area (Å²) in [5, 5.41) is 4.78. The number of hydrogen-bond donors (Lipinski definition) is 1. The van der Waals surface area contributed by atoms with E-state index in [-0.39, 0.29) is 11.6 Å². The van der Waals surface area contributed by atoms with Crippen molar-refractivity contribution < 1.29 is 0 Å². The Morgan fingerprint density at radius 1 is 1.35 bits per heavy atom. The Hall–Kier alpha value is -1.79. The molecule has 1 N–H and O–H groups in total. The average Bonchev–Trinajstić information content (AvgIpc) is 2.95. The van der Waals surface area contributed by atoms with E-state index in [9.17, 15) is 4.79 Å². The highest BCUT2D eigenvalue weighted by Gasteiger charge is 2.30. The SMILES string of the molecule is C[C@H]1Cn2c(nc(=O)c3c2NCN([C@@H](C)c2ccccc2)C3)S1. The number of benzene rings is 1. The van der Waals surface area contributed by atoms with Crippen LogP contribution in [0.25, 0.3) is 0 Å². The van der Waals surface area contributed by atoms with Crippen LogP contribution in [0.15, 0.2) is 40.3 Å². The Labute approximate surface area is 139 Å². The molecule has 0 aliphatic carbocycles. The van der Waals surface area contributed by atoms with Gasteiger partial charge in [-0.25, -0.2) is 0 Å². The van der Waals surface area contributed by atoms with Crippen molar-refractivity contribution in [3.8, 4) is 0 Å². The lowest BCUT2D eigenvalue weighted by atomic mass is 10.1. The van der Waals surface area contributed by atoms with Crippen molar-refractivity contribution in [2.24, 2.45) is 0 Å². The molecule has 0 fully saturated rings. The molecule has 0 radical (unpaired) electrons. The van der Waals surface area contributed by atoms with E-state index in [4.69, 9.17) is 0 Å². The van der Waals surface area contributed by atoms with Crippen LogP contribution in [0.5, 0.6) is 0 Å². The van der Waals surface area contributed by atoms with Crippen LogP contribution in [0.3, 0.4) is 0 Å². The van der Waals surface area contributed by atoms with Crippen LogP contribution >= 0.6 is 11.8 Å². The maximum Gasteiger partial charge on any atom is 0.280 e. The normalized spacial score (nSPS) is 21.4. The van der Waals surface area contributed by atoms with Crippen molar-refractivity contribution >= 4 is 17.6 Å². The molecule has 0 saturated carbocycles. The van der Waals surface area contributed by atoms with Crippen LogP contribution in [0.1, 0.15) is 31.0 Å². The Kier molecular flexibility index (Phi) is 3.66. The van der Waals surface area contributed by atoms with Gasteiger partial charge in [-0.1, -0.05) is 49.0 Å². The molecule has 0 saturated heterocycles. The fourth-order valence-electron chi connectivity index (χ4n) is 3.30. The van der Waals surface area contributed by atoms with E-state index >= 15 is 0 Å². The van der Waals surface area contributed by atoms with E-state index in [1.54, 1.807) is 11.8 Å². The molecule has 2 aliphatic rings. The zero-order chi connectivity index (χ0) is 16.0. The Balaban J connectivity index is 1.66. The van der Waals surface area contributed by atoms with Gasteiger partial charge in [0.15, 0.2) is 5.16 Å². The number of anilines is 1. The summed E-state index contributed by atoms with van der Waals surface area (Å²) in [6.07, 6.45) is 0. The predicted molar refractivity (Wildman–Crippen MR) is 92.7 cm³/mol. The largest absolute Gasteiger partial charge is 0.358 e. The first kappa shape index (κ1) is 14.8. The summed E-state index contributed by atoms with van der Waals surface area (Å²) in [4.78, 5) is 19.0. The molecule has 4 rings (SSSR count). The molecule has 2 atom stereocenters. The third-order valence-electron chi connectivity index (χ3n) is 4.63. The first-order valence-electron chi connectivity index (χ1n) is 7.96. The van der Waals surface area contributed by atoms with Gasteiger partial charge in [0.25, 0.3) is 5.56 Å². The summed E-state index contributed by atoms with van der Waals surface area (Å²) in [5.74, 6) is 0.966. The van der Waals surface area contributed by atoms with Gasteiger partial charge in [-0.15, -0.1) is 0 Å². The minimum atomic E-state index is -0.0923. The topological polar surface area (TPSA) is 50.2 Å². The zero-order valence-electron chi connectivity index (χ0n) is 13.3. The van der Waals surface area contributed by atoms with Gasteiger partial charge in [0.05, 0.1) is 12.2 Å². The molecule has 3 heterocycles. The third-order valence-corrected chi connectivity index (χ3v) is 5.70. The second-order valence-electron chi connectivity index (χ2n) is 6.23. The molecule has 0 amide bonds. The zero-order valence-corrected chi connectivity index (χ0v) is 14.1. The number of rotatable bonds is 2. The van der Waals surface area contributed by atoms with Gasteiger partial charge in [-0.2, -0.15) is 4.98 Å². The second kappa shape index (κ2) is 5.69. The van der Waals surface area contributed by atoms with Gasteiger partial charge in [-0.3, -0.25) is 9.69 Å². The van der Waals surface area contributed by atoms with Gasteiger partial charge in [0, 0.05) is 24.4 Å². The molecule has 5 nitrogen and oxygen atoms in total. The molecule has 0 unspecified atom stereocenters. The van der Waals surface area contributed by atoms with E-state index in [1.807, 2.05) is 6.07 Å². The maximum absolute atomic E-state index is 12.4. The van der Waals surface area contributed by atoms with Crippen LogP contribution in [0.2, 0.25) is 0 Å². The Bertz CT molecular complexity index is 789. The van der Waals surface area contributed by atoms with E-state index < -0.39 is 0 Å². The molecule has 2 aromatic rings. The second-order valence-corrected chi connectivity index (χ2v) is 7.64. The van der Waals surface area contributed by atoms with Crippen molar-refractivity contribution in [2.45, 2.75) is 43.4 Å². The summed E-state index contributed by atoms with van der Waals surface area (Å²) in [6, 6.07) is 10.7. The van der Waals surface area contributed by atoms with Gasteiger partial charge >= 0.3 is 0 Å². The lowest BCUT2D eigenvalue weighted by molar-refractivity contribution is 0.206. The highest BCUT2D eigenvalue weighted by Crippen LogP contribution is 2.35. The first-order chi connectivity index (χ1) is 11.1. The first-order valence-corrected chi connectivity index (χ1v) is 8.84. The summed E-state index contributed by atoms with van der Waals surface area (Å²) in [6.45, 7) is 6.65. The lowest BCUT2D eigenvalue weighted by Gasteiger charge is -2.35. The van der Waals surface area contributed by atoms with E-state index in [2.05, 4.69) is 57.9 Å². The fourth-order valence-corrected chi connectivity index (χ4v) is 4.32. The standard InChI is InChI=1S/C17H20N4OS/c1-11-8-21-15-14(16(22)19-17(21)23-11)9-20(10-18-15)12(2)13-6-4-3-5-7-13/h3-7,11-12,18H,8-10H2,1-2H3/t11-,12-/m0/s1. The van der Waals surface area contributed by atoms with Crippen molar-refractivity contribution in [1.82, 2.24) is 14.5 Å². The predicted octanol–water partition coefficient (Wildman–Crippen LogP) is 2.68. The van der Waals surface area contributed by atoms with E-state index in [0.29, 0.717) is 11.8 Å². The maximum atomic E-state index is 12.4. The molecule has 2 aliphatic heterocycles. The van der Waals surface area contributed by atoms with Gasteiger partial charge < -0.3 is 9.88 Å². The Morgan fingerprint density at radius 2 is 2.13 bits per heavy atom. The molecular weight excluding hydrogens is 308 g/mol. The number of nitrogens with zero attached hydrogens (tertiary/aromatic N) is 3. The van der Waals surface area contributed by atoms with Crippen LogP contribution in [0, 0.1) is 0 Å². The molecule has 1 aromatic heterocycles. The number of nitrogens with one attached hydrogen (secondary N) is 1. The number of aromatic nitrogens is 2. The summed E-state index contributed by atoms with van der Waals surface area (Å²) >= 11 is 1.68. The summed E-state index contributed by atoms with van der Waals surface area (Å²) < 4.78 is 2.16. The summed E-state index contributed by atoms with van der Waals surface area (Å²) in [7, 11) is 0. The molecule has 120 valence electrons. The smallest absolute Gasteiger partial charge is 0.280 e. The molecular formula is C17H20N4OS. The van der Waals surface area contributed by atoms with Crippen LogP contribution < -0.4 is 10.9 Å². The van der Waals surface area contributed by atoms with Crippen LogP contribution in [-0.4, -0.2) is 26.4 Å². The van der Waals surface area contributed by atoms with Gasteiger partial charge in [0.1, 0.15) is 5.82 Å². The van der Waals surface area contributed by atoms with Crippen molar-refractivity contribution in [3.63, 3.8) is 0 Å². The highest BCUT2D eigenvalue weighted by molar-refractivity contribution is 7.99. The number of fused-ring (bicyclic) bond motifs is 3. The molecule has 0 bridgehead atoms. The monoisotopic (exact) mass is 328 g/mol. The molecule has 6 heteroatoms. The average molecular weight is 328 g/mol. The van der Waals surface area contributed by atoms with Gasteiger partial charge in [-0.05, 0) is 12.5 Å². The molecule has 1 aromatic carbocycles. The number of thioether (sulfide) groups is 1. The lowest BCUT2D eigenvalue weighted by Crippen LogP contribution is -2.40. The van der Waals surface area contributed by atoms with E-state index in [1.165, 1.54) is 5.56 Å². The quantitative estimate of drug-likeness (QED) is 0.859. The Morgan fingerprint density at radius 3 is 2.91 bits per heavy atom. The van der Waals surface area contributed by atoms with Crippen LogP contribution in [0.4, 0.5) is 5.82 Å². The summed E-state index contributed by atoms with van der Waals surface area (Å²) in [5.41, 5.74) is 1.96. The minimum absolute atomic E-state index is 0.0923. The molecule has 0 spiro atoms. The minimum Gasteiger partial charge on any atom is -0.358 e. The van der Waals surface area contributed by atoms with Crippen molar-refractivity contribution in [3.05, 3.63) is 51.8 Å². The highest BCUT2D eigenvalue weighted by atomic mass is 32.2. The third kappa shape index (κ3) is 2.56. The number of hydrogen-bond acceptors (Lipinski definition) is 5. The van der Waals surface area contributed by atoms with Crippen LogP contribution in [-0.2, 0) is 13.1 Å². The van der Waals surface area contributed by atoms with Gasteiger partial charge in [0.2, 0.25) is 0 Å². The van der Waals surface area contributed by atoms with Crippen molar-refractivity contribution in [1.29, 1.82) is 0 Å². The fraction of sp³-hybridized carbons (Fsp3) is 0.412. The molecule has 23 heavy (non-hydrogen) atoms.